The lowest BCUT2D eigenvalue weighted by atomic mass is 9.90. The van der Waals surface area contributed by atoms with E-state index in [2.05, 4.69) is 5.32 Å². The molecule has 0 aliphatic rings. The van der Waals surface area contributed by atoms with Crippen LogP contribution in [0.15, 0.2) is 42.5 Å². The highest BCUT2D eigenvalue weighted by Gasteiger charge is 2.29. The molecule has 1 atom stereocenters. The standard InChI is InChI=1S/C24H29ClN2O5/c1-15(2)12-17(23(29)32-24(3,4)5)14-22(28)16-10-11-20(21(13-16)27(30)31)26-19-9-7-6-8-18(19)25/h6-11,13,15,17,26H,12,14H2,1-5H3/t17-/m1/s1. The number of carbonyl (C=O) groups is 2. The molecule has 32 heavy (non-hydrogen) atoms. The minimum Gasteiger partial charge on any atom is -0.460 e. The predicted octanol–water partition coefficient (Wildman–Crippen LogP) is 6.57. The number of Topliss-reactive ketones (excluding diaryl/α,β-unsaturated/α-hetero) is 1. The summed E-state index contributed by atoms with van der Waals surface area (Å²) in [5.74, 6) is -1.24. The topological polar surface area (TPSA) is 98.5 Å². The first-order valence-electron chi connectivity index (χ1n) is 10.4. The third-order valence-electron chi connectivity index (χ3n) is 4.59. The molecule has 0 fully saturated rings. The van der Waals surface area contributed by atoms with E-state index in [1.54, 1.807) is 45.0 Å². The highest BCUT2D eigenvalue weighted by atomic mass is 35.5. The molecular formula is C24H29ClN2O5. The number of ketones is 1. The summed E-state index contributed by atoms with van der Waals surface area (Å²) in [5.41, 5.74) is -0.0313. The minimum absolute atomic E-state index is 0.0818. The molecule has 172 valence electrons. The molecule has 0 unspecified atom stereocenters. The molecule has 7 nitrogen and oxygen atoms in total. The van der Waals surface area contributed by atoms with Gasteiger partial charge in [-0.25, -0.2) is 0 Å². The second kappa shape index (κ2) is 10.6. The third kappa shape index (κ3) is 7.34. The van der Waals surface area contributed by atoms with Crippen LogP contribution in [-0.2, 0) is 9.53 Å². The number of nitro groups is 1. The Morgan fingerprint density at radius 3 is 2.34 bits per heavy atom. The summed E-state index contributed by atoms with van der Waals surface area (Å²) in [4.78, 5) is 36.6. The molecule has 0 saturated heterocycles. The lowest BCUT2D eigenvalue weighted by molar-refractivity contribution is -0.383. The van der Waals surface area contributed by atoms with Crippen LogP contribution in [0, 0.1) is 22.0 Å². The molecule has 0 radical (unpaired) electrons. The average molecular weight is 461 g/mol. The number of anilines is 2. The largest absolute Gasteiger partial charge is 0.460 e. The number of nitro benzene ring substituents is 1. The van der Waals surface area contributed by atoms with E-state index in [-0.39, 0.29) is 35.1 Å². The van der Waals surface area contributed by atoms with Gasteiger partial charge in [0, 0.05) is 18.1 Å². The van der Waals surface area contributed by atoms with Crippen LogP contribution >= 0.6 is 11.6 Å². The molecule has 8 heteroatoms. The van der Waals surface area contributed by atoms with E-state index in [1.165, 1.54) is 18.2 Å². The first-order valence-corrected chi connectivity index (χ1v) is 10.8. The van der Waals surface area contributed by atoms with Gasteiger partial charge < -0.3 is 10.1 Å². The summed E-state index contributed by atoms with van der Waals surface area (Å²) >= 11 is 6.13. The van der Waals surface area contributed by atoms with E-state index in [4.69, 9.17) is 16.3 Å². The number of benzene rings is 2. The van der Waals surface area contributed by atoms with Gasteiger partial charge in [0.05, 0.1) is 21.6 Å². The van der Waals surface area contributed by atoms with Gasteiger partial charge >= 0.3 is 5.97 Å². The van der Waals surface area contributed by atoms with Gasteiger partial charge in [0.2, 0.25) is 0 Å². The Kier molecular flexibility index (Phi) is 8.38. The van der Waals surface area contributed by atoms with E-state index in [0.717, 1.165) is 0 Å². The number of para-hydroxylation sites is 1. The number of hydrogen-bond acceptors (Lipinski definition) is 6. The second-order valence-corrected chi connectivity index (χ2v) is 9.49. The summed E-state index contributed by atoms with van der Waals surface area (Å²) in [6.07, 6.45) is 0.399. The molecule has 0 saturated carbocycles. The van der Waals surface area contributed by atoms with Crippen molar-refractivity contribution >= 4 is 40.4 Å². The van der Waals surface area contributed by atoms with Crippen LogP contribution in [0.5, 0.6) is 0 Å². The van der Waals surface area contributed by atoms with Crippen molar-refractivity contribution in [2.24, 2.45) is 11.8 Å². The van der Waals surface area contributed by atoms with Crippen molar-refractivity contribution in [3.8, 4) is 0 Å². The Balaban J connectivity index is 2.28. The van der Waals surface area contributed by atoms with Gasteiger partial charge in [-0.3, -0.25) is 19.7 Å². The fraction of sp³-hybridized carbons (Fsp3) is 0.417. The van der Waals surface area contributed by atoms with Crippen LogP contribution in [0.3, 0.4) is 0 Å². The Morgan fingerprint density at radius 1 is 1.12 bits per heavy atom. The monoisotopic (exact) mass is 460 g/mol. The number of ether oxygens (including phenoxy) is 1. The maximum Gasteiger partial charge on any atom is 0.309 e. The van der Waals surface area contributed by atoms with E-state index in [9.17, 15) is 19.7 Å². The van der Waals surface area contributed by atoms with Gasteiger partial charge in [0.15, 0.2) is 5.78 Å². The molecule has 0 bridgehead atoms. The summed E-state index contributed by atoms with van der Waals surface area (Å²) in [6, 6.07) is 11.1. The first kappa shape index (κ1) is 25.3. The molecule has 0 amide bonds. The highest BCUT2D eigenvalue weighted by Crippen LogP contribution is 2.32. The molecule has 0 heterocycles. The lowest BCUT2D eigenvalue weighted by Crippen LogP contribution is -2.30. The summed E-state index contributed by atoms with van der Waals surface area (Å²) in [7, 11) is 0. The molecule has 2 aromatic rings. The van der Waals surface area contributed by atoms with Crippen LogP contribution in [0.4, 0.5) is 17.1 Å². The molecule has 2 rings (SSSR count). The van der Waals surface area contributed by atoms with E-state index in [0.29, 0.717) is 17.1 Å². The van der Waals surface area contributed by atoms with Crippen molar-refractivity contribution in [2.75, 3.05) is 5.32 Å². The zero-order valence-corrected chi connectivity index (χ0v) is 19.7. The molecule has 1 N–H and O–H groups in total. The van der Waals surface area contributed by atoms with Gasteiger partial charge in [-0.2, -0.15) is 0 Å². The Bertz CT molecular complexity index is 998. The fourth-order valence-corrected chi connectivity index (χ4v) is 3.41. The van der Waals surface area contributed by atoms with Crippen LogP contribution < -0.4 is 5.32 Å². The van der Waals surface area contributed by atoms with Gasteiger partial charge in [-0.15, -0.1) is 0 Å². The quantitative estimate of drug-likeness (QED) is 0.196. The van der Waals surface area contributed by atoms with Crippen molar-refractivity contribution in [1.82, 2.24) is 0 Å². The molecule has 0 aliphatic carbocycles. The van der Waals surface area contributed by atoms with Crippen LogP contribution in [-0.4, -0.2) is 22.3 Å². The highest BCUT2D eigenvalue weighted by molar-refractivity contribution is 6.33. The number of rotatable bonds is 9. The summed E-state index contributed by atoms with van der Waals surface area (Å²) < 4.78 is 5.47. The average Bonchev–Trinajstić information content (AvgIpc) is 2.67. The van der Waals surface area contributed by atoms with E-state index < -0.39 is 22.4 Å². The van der Waals surface area contributed by atoms with Crippen molar-refractivity contribution in [3.05, 3.63) is 63.2 Å². The molecule has 0 aliphatic heterocycles. The van der Waals surface area contributed by atoms with Gasteiger partial charge in [0.25, 0.3) is 5.69 Å². The molecule has 0 spiro atoms. The maximum atomic E-state index is 12.9. The van der Waals surface area contributed by atoms with Crippen molar-refractivity contribution in [3.63, 3.8) is 0 Å². The SMILES string of the molecule is CC(C)C[C@H](CC(=O)c1ccc(Nc2ccccc2Cl)c([N+](=O)[O-])c1)C(=O)OC(C)(C)C. The number of carbonyl (C=O) groups excluding carboxylic acids is 2. The number of halogens is 1. The van der Waals surface area contributed by atoms with E-state index >= 15 is 0 Å². The van der Waals surface area contributed by atoms with Crippen LogP contribution in [0.1, 0.15) is 57.8 Å². The zero-order valence-electron chi connectivity index (χ0n) is 19.0. The van der Waals surface area contributed by atoms with Crippen molar-refractivity contribution in [1.29, 1.82) is 0 Å². The van der Waals surface area contributed by atoms with Crippen molar-refractivity contribution < 1.29 is 19.2 Å². The summed E-state index contributed by atoms with van der Waals surface area (Å²) in [5, 5.41) is 15.0. The minimum atomic E-state index is -0.666. The molecular weight excluding hydrogens is 432 g/mol. The smallest absolute Gasteiger partial charge is 0.309 e. The number of hydrogen-bond donors (Lipinski definition) is 1. The fourth-order valence-electron chi connectivity index (χ4n) is 3.23. The summed E-state index contributed by atoms with van der Waals surface area (Å²) in [6.45, 7) is 9.23. The Hall–Kier alpha value is -2.93. The van der Waals surface area contributed by atoms with Crippen LogP contribution in [0.2, 0.25) is 5.02 Å². The van der Waals surface area contributed by atoms with Crippen molar-refractivity contribution in [2.45, 2.75) is 53.1 Å². The van der Waals surface area contributed by atoms with Gasteiger partial charge in [-0.1, -0.05) is 37.6 Å². The Morgan fingerprint density at radius 2 is 1.78 bits per heavy atom. The third-order valence-corrected chi connectivity index (χ3v) is 4.92. The number of nitrogens with one attached hydrogen (secondary N) is 1. The lowest BCUT2D eigenvalue weighted by Gasteiger charge is -2.24. The predicted molar refractivity (Wildman–Crippen MR) is 126 cm³/mol. The number of esters is 1. The number of nitrogens with zero attached hydrogens (tertiary/aromatic N) is 1. The maximum absolute atomic E-state index is 12.9. The molecule has 2 aromatic carbocycles. The zero-order chi connectivity index (χ0) is 24.1. The van der Waals surface area contributed by atoms with Gasteiger partial charge in [-0.05, 0) is 57.4 Å². The normalized spacial score (nSPS) is 12.3. The Labute approximate surface area is 193 Å². The first-order chi connectivity index (χ1) is 14.9. The van der Waals surface area contributed by atoms with Crippen LogP contribution in [0.25, 0.3) is 0 Å². The van der Waals surface area contributed by atoms with E-state index in [1.807, 2.05) is 13.8 Å². The van der Waals surface area contributed by atoms with Gasteiger partial charge in [0.1, 0.15) is 11.3 Å². The molecule has 0 aromatic heterocycles. The second-order valence-electron chi connectivity index (χ2n) is 9.08.